The number of benzene rings is 1. The second kappa shape index (κ2) is 5.24. The Labute approximate surface area is 103 Å². The zero-order valence-electron chi connectivity index (χ0n) is 8.27. The first-order chi connectivity index (χ1) is 6.95. The molecule has 1 aromatic carbocycles. The normalized spacial score (nSPS) is 13.8. The highest BCUT2D eigenvalue weighted by molar-refractivity contribution is 14.1. The van der Waals surface area contributed by atoms with Gasteiger partial charge in [-0.25, -0.2) is 13.1 Å². The van der Waals surface area contributed by atoms with Crippen molar-refractivity contribution >= 4 is 32.6 Å². The highest BCUT2D eigenvalue weighted by Gasteiger charge is 2.15. The molecule has 0 saturated carbocycles. The monoisotopic (exact) mass is 340 g/mol. The van der Waals surface area contributed by atoms with E-state index < -0.39 is 10.0 Å². The first-order valence-electron chi connectivity index (χ1n) is 4.43. The molecule has 0 aliphatic rings. The van der Waals surface area contributed by atoms with Crippen LogP contribution in [0.15, 0.2) is 29.2 Å². The molecule has 0 spiro atoms. The third-order valence-electron chi connectivity index (χ3n) is 1.83. The predicted octanol–water partition coefficient (Wildman–Crippen LogP) is 0.917. The summed E-state index contributed by atoms with van der Waals surface area (Å²) in [6, 6.07) is 6.40. The predicted molar refractivity (Wildman–Crippen MR) is 68.0 cm³/mol. The van der Waals surface area contributed by atoms with Crippen molar-refractivity contribution in [3.8, 4) is 0 Å². The highest BCUT2D eigenvalue weighted by Crippen LogP contribution is 2.12. The maximum Gasteiger partial charge on any atom is 0.240 e. The van der Waals surface area contributed by atoms with Crippen molar-refractivity contribution in [2.75, 3.05) is 6.54 Å². The van der Waals surface area contributed by atoms with Crippen molar-refractivity contribution in [1.82, 2.24) is 4.72 Å². The van der Waals surface area contributed by atoms with Crippen molar-refractivity contribution in [3.63, 3.8) is 0 Å². The van der Waals surface area contributed by atoms with Crippen LogP contribution in [0.2, 0.25) is 0 Å². The fourth-order valence-corrected chi connectivity index (χ4v) is 2.61. The lowest BCUT2D eigenvalue weighted by atomic mass is 10.4. The van der Waals surface area contributed by atoms with Gasteiger partial charge in [0.2, 0.25) is 10.0 Å². The van der Waals surface area contributed by atoms with Crippen molar-refractivity contribution in [3.05, 3.63) is 27.8 Å². The second-order valence-corrected chi connectivity index (χ2v) is 6.17. The Morgan fingerprint density at radius 2 is 1.93 bits per heavy atom. The molecular weight excluding hydrogens is 327 g/mol. The topological polar surface area (TPSA) is 72.2 Å². The fourth-order valence-electron chi connectivity index (χ4n) is 0.995. The van der Waals surface area contributed by atoms with Gasteiger partial charge in [-0.3, -0.25) is 0 Å². The maximum atomic E-state index is 11.7. The van der Waals surface area contributed by atoms with Gasteiger partial charge in [0.1, 0.15) is 0 Å². The number of nitrogens with one attached hydrogen (secondary N) is 1. The van der Waals surface area contributed by atoms with Crippen molar-refractivity contribution in [2.24, 2.45) is 5.73 Å². The van der Waals surface area contributed by atoms with Crippen molar-refractivity contribution < 1.29 is 8.42 Å². The summed E-state index contributed by atoms with van der Waals surface area (Å²) in [5.74, 6) is 0. The van der Waals surface area contributed by atoms with E-state index in [-0.39, 0.29) is 17.5 Å². The number of nitrogens with two attached hydrogens (primary N) is 1. The van der Waals surface area contributed by atoms with E-state index in [9.17, 15) is 8.42 Å². The molecule has 0 saturated heterocycles. The van der Waals surface area contributed by atoms with Gasteiger partial charge in [-0.15, -0.1) is 0 Å². The molecule has 6 heteroatoms. The van der Waals surface area contributed by atoms with E-state index in [0.717, 1.165) is 3.57 Å². The van der Waals surface area contributed by atoms with E-state index >= 15 is 0 Å². The fraction of sp³-hybridized carbons (Fsp3) is 0.333. The molecule has 1 rings (SSSR count). The molecule has 0 unspecified atom stereocenters. The van der Waals surface area contributed by atoms with E-state index in [1.54, 1.807) is 31.2 Å². The van der Waals surface area contributed by atoms with E-state index in [1.807, 2.05) is 0 Å². The number of rotatable bonds is 4. The lowest BCUT2D eigenvalue weighted by Gasteiger charge is -2.11. The smallest absolute Gasteiger partial charge is 0.240 e. The van der Waals surface area contributed by atoms with Crippen LogP contribution in [0.4, 0.5) is 0 Å². The van der Waals surface area contributed by atoms with Gasteiger partial charge in [-0.1, -0.05) is 0 Å². The molecule has 1 aromatic rings. The zero-order chi connectivity index (χ0) is 11.5. The summed E-state index contributed by atoms with van der Waals surface area (Å²) < 4.78 is 27.0. The van der Waals surface area contributed by atoms with Gasteiger partial charge in [0, 0.05) is 16.2 Å². The number of halogens is 1. The van der Waals surface area contributed by atoms with Crippen molar-refractivity contribution in [2.45, 2.75) is 17.9 Å². The highest BCUT2D eigenvalue weighted by atomic mass is 127. The average Bonchev–Trinajstić information content (AvgIpc) is 2.17. The number of hydrogen-bond donors (Lipinski definition) is 2. The first-order valence-corrected chi connectivity index (χ1v) is 7.00. The molecule has 0 aliphatic carbocycles. The molecular formula is C9H13IN2O2S. The van der Waals surface area contributed by atoms with Gasteiger partial charge in [0.25, 0.3) is 0 Å². The molecule has 1 atom stereocenters. The maximum absolute atomic E-state index is 11.7. The van der Waals surface area contributed by atoms with E-state index in [1.165, 1.54) is 0 Å². The molecule has 0 aromatic heterocycles. The molecule has 0 radical (unpaired) electrons. The number of sulfonamides is 1. The molecule has 15 heavy (non-hydrogen) atoms. The molecule has 0 heterocycles. The standard InChI is InChI=1S/C9H13IN2O2S/c1-7(6-11)12-15(13,14)9-4-2-8(10)3-5-9/h2-5,7,12H,6,11H2,1H3/t7-/m1/s1. The summed E-state index contributed by atoms with van der Waals surface area (Å²) in [6.07, 6.45) is 0. The summed E-state index contributed by atoms with van der Waals surface area (Å²) in [4.78, 5) is 0.267. The van der Waals surface area contributed by atoms with Crippen LogP contribution in [0.1, 0.15) is 6.92 Å². The summed E-state index contributed by atoms with van der Waals surface area (Å²) in [5.41, 5.74) is 5.35. The molecule has 0 fully saturated rings. The largest absolute Gasteiger partial charge is 0.329 e. The quantitative estimate of drug-likeness (QED) is 0.801. The molecule has 84 valence electrons. The molecule has 4 nitrogen and oxygen atoms in total. The van der Waals surface area contributed by atoms with E-state index in [2.05, 4.69) is 27.3 Å². The van der Waals surface area contributed by atoms with Crippen LogP contribution >= 0.6 is 22.6 Å². The van der Waals surface area contributed by atoms with Crippen LogP contribution in [-0.4, -0.2) is 21.0 Å². The first kappa shape index (κ1) is 12.9. The van der Waals surface area contributed by atoms with Gasteiger partial charge in [0.05, 0.1) is 4.90 Å². The summed E-state index contributed by atoms with van der Waals surface area (Å²) in [7, 11) is -3.42. The minimum Gasteiger partial charge on any atom is -0.329 e. The van der Waals surface area contributed by atoms with Crippen LogP contribution in [0.5, 0.6) is 0 Å². The zero-order valence-corrected chi connectivity index (χ0v) is 11.2. The van der Waals surface area contributed by atoms with Crippen LogP contribution < -0.4 is 10.5 Å². The van der Waals surface area contributed by atoms with Crippen LogP contribution in [-0.2, 0) is 10.0 Å². The Morgan fingerprint density at radius 1 is 1.40 bits per heavy atom. The molecule has 0 bridgehead atoms. The lowest BCUT2D eigenvalue weighted by molar-refractivity contribution is 0.562. The van der Waals surface area contributed by atoms with Gasteiger partial charge in [-0.05, 0) is 53.8 Å². The Morgan fingerprint density at radius 3 is 2.40 bits per heavy atom. The van der Waals surface area contributed by atoms with Gasteiger partial charge in [0.15, 0.2) is 0 Å². The second-order valence-electron chi connectivity index (χ2n) is 3.21. The van der Waals surface area contributed by atoms with Crippen molar-refractivity contribution in [1.29, 1.82) is 0 Å². The summed E-state index contributed by atoms with van der Waals surface area (Å²) >= 11 is 2.12. The van der Waals surface area contributed by atoms with E-state index in [4.69, 9.17) is 5.73 Å². The Kier molecular flexibility index (Phi) is 4.50. The van der Waals surface area contributed by atoms with Gasteiger partial charge < -0.3 is 5.73 Å². The molecule has 0 amide bonds. The van der Waals surface area contributed by atoms with Crippen LogP contribution in [0, 0.1) is 3.57 Å². The Hall–Kier alpha value is -0.180. The third kappa shape index (κ3) is 3.71. The number of hydrogen-bond acceptors (Lipinski definition) is 3. The summed E-state index contributed by atoms with van der Waals surface area (Å²) in [5, 5.41) is 0. The Balaban J connectivity index is 2.91. The SMILES string of the molecule is C[C@H](CN)NS(=O)(=O)c1ccc(I)cc1. The summed E-state index contributed by atoms with van der Waals surface area (Å²) in [6.45, 7) is 2.01. The lowest BCUT2D eigenvalue weighted by Crippen LogP contribution is -2.37. The van der Waals surface area contributed by atoms with E-state index in [0.29, 0.717) is 0 Å². The van der Waals surface area contributed by atoms with Crippen LogP contribution in [0.3, 0.4) is 0 Å². The Bertz CT molecular complexity index is 416. The van der Waals surface area contributed by atoms with Gasteiger partial charge in [-0.2, -0.15) is 0 Å². The minimum atomic E-state index is -3.42. The average molecular weight is 340 g/mol. The minimum absolute atomic E-state index is 0.255. The van der Waals surface area contributed by atoms with Gasteiger partial charge >= 0.3 is 0 Å². The third-order valence-corrected chi connectivity index (χ3v) is 4.16. The molecule has 0 aliphatic heterocycles. The molecule has 3 N–H and O–H groups in total. The van der Waals surface area contributed by atoms with Crippen LogP contribution in [0.25, 0.3) is 0 Å².